The minimum absolute atomic E-state index is 0.0105. The Bertz CT molecular complexity index is 1490. The van der Waals surface area contributed by atoms with Crippen molar-refractivity contribution in [3.8, 4) is 5.88 Å². The number of nitrogens with zero attached hydrogens (tertiary/aromatic N) is 6. The van der Waals surface area contributed by atoms with Gasteiger partial charge < -0.3 is 25.0 Å². The van der Waals surface area contributed by atoms with Gasteiger partial charge in [0.05, 0.1) is 63.1 Å². The van der Waals surface area contributed by atoms with Crippen molar-refractivity contribution in [1.82, 2.24) is 40.4 Å². The molecule has 3 amide bonds. The number of urea groups is 1. The molecular weight excluding hydrogens is 580 g/mol. The van der Waals surface area contributed by atoms with Crippen molar-refractivity contribution in [2.45, 2.75) is 68.6 Å². The van der Waals surface area contributed by atoms with Crippen LogP contribution >= 0.6 is 0 Å². The molecule has 2 saturated carbocycles. The Hall–Kier alpha value is -4.02. The summed E-state index contributed by atoms with van der Waals surface area (Å²) < 4.78 is 73.5. The number of hydrogen-bond donors (Lipinski definition) is 2. The predicted octanol–water partition coefficient (Wildman–Crippen LogP) is 3.30. The maximum atomic E-state index is 14.3. The molecule has 3 aromatic heterocycles. The number of hydrogen-bond acceptors (Lipinski definition) is 9. The first-order valence-electron chi connectivity index (χ1n) is 14.0. The molecule has 232 valence electrons. The Balaban J connectivity index is 1.31. The highest BCUT2D eigenvalue weighted by molar-refractivity contribution is 5.94. The van der Waals surface area contributed by atoms with E-state index in [4.69, 9.17) is 9.47 Å². The first kappa shape index (κ1) is 29.1. The van der Waals surface area contributed by atoms with E-state index < -0.39 is 54.9 Å². The molecule has 2 atom stereocenters. The van der Waals surface area contributed by atoms with Crippen LogP contribution in [0, 0.1) is 5.92 Å². The number of imidazole rings is 1. The third kappa shape index (κ3) is 6.35. The fraction of sp³-hybridized carbons (Fsp3) is 0.615. The van der Waals surface area contributed by atoms with Crippen LogP contribution in [0.25, 0.3) is 5.65 Å². The molecule has 0 aromatic carbocycles. The minimum atomic E-state index is -3.13. The Morgan fingerprint density at radius 2 is 1.95 bits per heavy atom. The zero-order chi connectivity index (χ0) is 30.4. The molecule has 1 aliphatic heterocycles. The first-order chi connectivity index (χ1) is 20.5. The van der Waals surface area contributed by atoms with Gasteiger partial charge in [-0.1, -0.05) is 0 Å². The molecule has 3 aliphatic rings. The Morgan fingerprint density at radius 1 is 1.19 bits per heavy atom. The third-order valence-electron chi connectivity index (χ3n) is 8.00. The van der Waals surface area contributed by atoms with Crippen molar-refractivity contribution in [2.24, 2.45) is 5.92 Å². The van der Waals surface area contributed by atoms with Crippen LogP contribution in [0.2, 0.25) is 0 Å². The van der Waals surface area contributed by atoms with Crippen LogP contribution in [0.5, 0.6) is 5.88 Å². The zero-order valence-corrected chi connectivity index (χ0v) is 23.1. The number of alkyl halides is 4. The Labute approximate surface area is 242 Å². The van der Waals surface area contributed by atoms with Crippen LogP contribution in [-0.4, -0.2) is 86.5 Å². The van der Waals surface area contributed by atoms with Gasteiger partial charge in [0.15, 0.2) is 5.65 Å². The number of aromatic nitrogens is 5. The topological polar surface area (TPSA) is 149 Å². The largest absolute Gasteiger partial charge is 0.477 e. The molecule has 43 heavy (non-hydrogen) atoms. The van der Waals surface area contributed by atoms with Crippen LogP contribution in [0.4, 0.5) is 22.4 Å². The quantitative estimate of drug-likeness (QED) is 0.330. The van der Waals surface area contributed by atoms with E-state index in [1.807, 2.05) is 0 Å². The maximum absolute atomic E-state index is 14.3. The molecule has 2 unspecified atom stereocenters. The van der Waals surface area contributed by atoms with Crippen LogP contribution in [0.3, 0.4) is 0 Å². The van der Waals surface area contributed by atoms with E-state index in [1.165, 1.54) is 17.8 Å². The SMILES string of the molecule is COc1nonc1C(=O)NC(c1cn2ncc(C(COC3CC3)N3CC(F)(F)CNC3=O)cc2n1)C1CCC(F)(F)CC1. The van der Waals surface area contributed by atoms with Gasteiger partial charge >= 0.3 is 6.03 Å². The maximum Gasteiger partial charge on any atom is 0.318 e. The molecule has 1 saturated heterocycles. The van der Waals surface area contributed by atoms with E-state index in [-0.39, 0.29) is 50.0 Å². The summed E-state index contributed by atoms with van der Waals surface area (Å²) in [6.07, 6.45) is 4.27. The molecule has 17 heteroatoms. The zero-order valence-electron chi connectivity index (χ0n) is 23.1. The summed E-state index contributed by atoms with van der Waals surface area (Å²) in [6.45, 7) is -1.55. The van der Waals surface area contributed by atoms with Crippen molar-refractivity contribution in [2.75, 3.05) is 26.8 Å². The predicted molar refractivity (Wildman–Crippen MR) is 138 cm³/mol. The lowest BCUT2D eigenvalue weighted by Gasteiger charge is -2.38. The van der Waals surface area contributed by atoms with E-state index in [0.717, 1.165) is 17.7 Å². The van der Waals surface area contributed by atoms with Gasteiger partial charge in [-0.3, -0.25) is 4.79 Å². The second kappa shape index (κ2) is 11.2. The molecule has 0 bridgehead atoms. The first-order valence-corrected chi connectivity index (χ1v) is 14.0. The van der Waals surface area contributed by atoms with E-state index in [1.54, 1.807) is 12.3 Å². The second-order valence-corrected chi connectivity index (χ2v) is 11.2. The molecule has 2 aliphatic carbocycles. The molecule has 3 fully saturated rings. The fourth-order valence-corrected chi connectivity index (χ4v) is 5.50. The van der Waals surface area contributed by atoms with E-state index >= 15 is 0 Å². The van der Waals surface area contributed by atoms with Gasteiger partial charge in [0.1, 0.15) is 0 Å². The summed E-state index contributed by atoms with van der Waals surface area (Å²) in [5.74, 6) is -7.15. The number of nitrogens with one attached hydrogen (secondary N) is 2. The van der Waals surface area contributed by atoms with Crippen LogP contribution in [0.1, 0.15) is 72.4 Å². The molecule has 2 N–H and O–H groups in total. The standard InChI is InChI=1S/C26H30F4N8O5/c1-41-23-21(35-43-36-23)22(39)34-20(14-4-6-25(27,28)7-5-14)17-10-38-19(33-17)8-15(9-32-38)18(11-42-16-2-3-16)37-13-26(29,30)12-31-24(37)40/h8-10,14,16,18,20H,2-7,11-13H2,1H3,(H,31,40)(H,34,39). The van der Waals surface area contributed by atoms with E-state index in [9.17, 15) is 27.2 Å². The molecule has 3 aromatic rings. The highest BCUT2D eigenvalue weighted by Crippen LogP contribution is 2.41. The summed E-state index contributed by atoms with van der Waals surface area (Å²) >= 11 is 0. The number of carbonyl (C=O) groups excluding carboxylic acids is 2. The van der Waals surface area contributed by atoms with Gasteiger partial charge in [-0.15, -0.1) is 0 Å². The van der Waals surface area contributed by atoms with Crippen molar-refractivity contribution in [3.63, 3.8) is 0 Å². The third-order valence-corrected chi connectivity index (χ3v) is 8.00. The average molecular weight is 611 g/mol. The van der Waals surface area contributed by atoms with Gasteiger partial charge in [0.2, 0.25) is 11.6 Å². The van der Waals surface area contributed by atoms with Gasteiger partial charge in [-0.2, -0.15) is 5.10 Å². The van der Waals surface area contributed by atoms with Crippen molar-refractivity contribution < 1.29 is 41.3 Å². The average Bonchev–Trinajstić information content (AvgIpc) is 3.50. The highest BCUT2D eigenvalue weighted by atomic mass is 19.3. The van der Waals surface area contributed by atoms with E-state index in [2.05, 4.69) is 35.7 Å². The molecule has 4 heterocycles. The van der Waals surface area contributed by atoms with E-state index in [0.29, 0.717) is 16.9 Å². The van der Waals surface area contributed by atoms with Crippen LogP contribution < -0.4 is 15.4 Å². The summed E-state index contributed by atoms with van der Waals surface area (Å²) in [6, 6.07) is -0.715. The fourth-order valence-electron chi connectivity index (χ4n) is 5.50. The molecular formula is C26H30F4N8O5. The molecule has 13 nitrogen and oxygen atoms in total. The summed E-state index contributed by atoms with van der Waals surface area (Å²) in [5.41, 5.74) is 0.855. The Morgan fingerprint density at radius 3 is 2.67 bits per heavy atom. The van der Waals surface area contributed by atoms with Crippen LogP contribution in [0.15, 0.2) is 23.1 Å². The summed E-state index contributed by atoms with van der Waals surface area (Å²) in [5, 5.41) is 16.6. The number of rotatable bonds is 10. The number of fused-ring (bicyclic) bond motifs is 1. The van der Waals surface area contributed by atoms with Gasteiger partial charge in [0, 0.05) is 18.4 Å². The lowest BCUT2D eigenvalue weighted by molar-refractivity contribution is -0.0542. The summed E-state index contributed by atoms with van der Waals surface area (Å²) in [7, 11) is 1.29. The number of halogens is 4. The number of methoxy groups -OCH3 is 1. The number of carbonyl (C=O) groups is 2. The Kier molecular flexibility index (Phi) is 7.60. The lowest BCUT2D eigenvalue weighted by atomic mass is 9.81. The molecule has 0 spiro atoms. The number of ether oxygens (including phenoxy) is 2. The highest BCUT2D eigenvalue weighted by Gasteiger charge is 2.43. The van der Waals surface area contributed by atoms with Crippen molar-refractivity contribution >= 4 is 17.6 Å². The number of amides is 3. The second-order valence-electron chi connectivity index (χ2n) is 11.2. The van der Waals surface area contributed by atoms with Crippen molar-refractivity contribution in [3.05, 3.63) is 35.4 Å². The van der Waals surface area contributed by atoms with Gasteiger partial charge in [-0.05, 0) is 48.0 Å². The molecule has 6 rings (SSSR count). The molecule has 0 radical (unpaired) electrons. The monoisotopic (exact) mass is 610 g/mol. The smallest absolute Gasteiger partial charge is 0.318 e. The minimum Gasteiger partial charge on any atom is -0.477 e. The van der Waals surface area contributed by atoms with Crippen LogP contribution in [-0.2, 0) is 4.74 Å². The lowest BCUT2D eigenvalue weighted by Crippen LogP contribution is -2.58. The van der Waals surface area contributed by atoms with Gasteiger partial charge in [-0.25, -0.2) is 36.5 Å². The van der Waals surface area contributed by atoms with Gasteiger partial charge in [0.25, 0.3) is 17.7 Å². The summed E-state index contributed by atoms with van der Waals surface area (Å²) in [4.78, 5) is 31.4. The van der Waals surface area contributed by atoms with Crippen molar-refractivity contribution in [1.29, 1.82) is 0 Å². The normalized spacial score (nSPS) is 21.8.